The van der Waals surface area contributed by atoms with Crippen molar-refractivity contribution in [3.8, 4) is 17.1 Å². The lowest BCUT2D eigenvalue weighted by Crippen LogP contribution is -2.43. The third kappa shape index (κ3) is 5.81. The second-order valence-electron chi connectivity index (χ2n) is 9.03. The maximum absolute atomic E-state index is 11.9. The normalized spacial score (nSPS) is 17.0. The van der Waals surface area contributed by atoms with Gasteiger partial charge < -0.3 is 25.0 Å². The molecule has 0 saturated carbocycles. The van der Waals surface area contributed by atoms with Gasteiger partial charge in [0.25, 0.3) is 0 Å². The molecule has 3 aromatic rings. The Balaban J connectivity index is 1.38. The predicted octanol–water partition coefficient (Wildman–Crippen LogP) is 4.04. The van der Waals surface area contributed by atoms with Gasteiger partial charge in [-0.05, 0) is 76.1 Å². The second kappa shape index (κ2) is 9.11. The van der Waals surface area contributed by atoms with Crippen molar-refractivity contribution >= 4 is 23.1 Å². The third-order valence-electron chi connectivity index (χ3n) is 5.13. The molecule has 1 aromatic heterocycles. The lowest BCUT2D eigenvalue weighted by atomic mass is 10.1. The standard InChI is InChI=1S/C24H28N4O5/c1-24(2,3)32-23(30)33-28-12-4-5-18(14-28)31-17-9-6-15(7-10-17)22-26-19-11-8-16(21(25)29)13-20(19)27-22/h6-11,13,18H,4-5,12,14H2,1-3H3,(H2,25,29)(H,26,27). The highest BCUT2D eigenvalue weighted by Gasteiger charge is 2.26. The number of carbonyl (C=O) groups excluding carboxylic acids is 2. The van der Waals surface area contributed by atoms with E-state index in [1.54, 1.807) is 44.0 Å². The summed E-state index contributed by atoms with van der Waals surface area (Å²) in [6.45, 7) is 6.49. The van der Waals surface area contributed by atoms with Crippen LogP contribution in [0.5, 0.6) is 5.75 Å². The lowest BCUT2D eigenvalue weighted by molar-refractivity contribution is -0.164. The summed E-state index contributed by atoms with van der Waals surface area (Å²) < 4.78 is 11.3. The number of carbonyl (C=O) groups is 2. The molecular weight excluding hydrogens is 424 g/mol. The minimum absolute atomic E-state index is 0.106. The number of hydrogen-bond donors (Lipinski definition) is 2. The van der Waals surface area contributed by atoms with Crippen molar-refractivity contribution in [1.29, 1.82) is 0 Å². The number of benzene rings is 2. The summed E-state index contributed by atoms with van der Waals surface area (Å²) in [4.78, 5) is 36.4. The second-order valence-corrected chi connectivity index (χ2v) is 9.03. The Kier molecular flexibility index (Phi) is 6.24. The minimum atomic E-state index is -0.707. The first kappa shape index (κ1) is 22.6. The van der Waals surface area contributed by atoms with Gasteiger partial charge in [0.05, 0.1) is 17.6 Å². The highest BCUT2D eigenvalue weighted by atomic mass is 16.8. The van der Waals surface area contributed by atoms with Crippen LogP contribution in [0.25, 0.3) is 22.4 Å². The van der Waals surface area contributed by atoms with E-state index < -0.39 is 17.7 Å². The van der Waals surface area contributed by atoms with Gasteiger partial charge in [0.2, 0.25) is 5.91 Å². The molecule has 174 valence electrons. The third-order valence-corrected chi connectivity index (χ3v) is 5.13. The zero-order valence-corrected chi connectivity index (χ0v) is 19.0. The molecule has 2 aromatic carbocycles. The number of ether oxygens (including phenoxy) is 2. The van der Waals surface area contributed by atoms with Crippen LogP contribution in [0, 0.1) is 0 Å². The summed E-state index contributed by atoms with van der Waals surface area (Å²) in [5.41, 5.74) is 7.55. The number of piperidine rings is 1. The van der Waals surface area contributed by atoms with Crippen molar-refractivity contribution in [2.75, 3.05) is 13.1 Å². The zero-order chi connectivity index (χ0) is 23.6. The van der Waals surface area contributed by atoms with Crippen molar-refractivity contribution in [2.24, 2.45) is 5.73 Å². The van der Waals surface area contributed by atoms with Crippen LogP contribution >= 0.6 is 0 Å². The first-order valence-electron chi connectivity index (χ1n) is 10.9. The number of aromatic amines is 1. The number of nitrogens with two attached hydrogens (primary N) is 1. The van der Waals surface area contributed by atoms with Gasteiger partial charge in [-0.15, -0.1) is 5.06 Å². The van der Waals surface area contributed by atoms with Gasteiger partial charge in [0.15, 0.2) is 0 Å². The summed E-state index contributed by atoms with van der Waals surface area (Å²) in [6.07, 6.45) is 0.895. The molecule has 0 aliphatic carbocycles. The summed E-state index contributed by atoms with van der Waals surface area (Å²) >= 11 is 0. The number of H-pyrrole nitrogens is 1. The molecule has 1 aliphatic heterocycles. The molecule has 3 N–H and O–H groups in total. The molecule has 0 spiro atoms. The molecule has 1 saturated heterocycles. The molecule has 0 radical (unpaired) electrons. The van der Waals surface area contributed by atoms with E-state index in [0.29, 0.717) is 30.0 Å². The first-order valence-corrected chi connectivity index (χ1v) is 10.9. The van der Waals surface area contributed by atoms with E-state index in [2.05, 4.69) is 9.97 Å². The molecule has 9 heteroatoms. The van der Waals surface area contributed by atoms with Crippen LogP contribution in [0.15, 0.2) is 42.5 Å². The number of hydroxylamine groups is 2. The summed E-state index contributed by atoms with van der Waals surface area (Å²) in [6, 6.07) is 12.7. The van der Waals surface area contributed by atoms with E-state index in [1.165, 1.54) is 0 Å². The number of nitrogens with one attached hydrogen (secondary N) is 1. The fourth-order valence-electron chi connectivity index (χ4n) is 3.64. The minimum Gasteiger partial charge on any atom is -0.489 e. The number of fused-ring (bicyclic) bond motifs is 1. The Labute approximate surface area is 191 Å². The lowest BCUT2D eigenvalue weighted by Gasteiger charge is -2.31. The van der Waals surface area contributed by atoms with Crippen LogP contribution in [0.2, 0.25) is 0 Å². The van der Waals surface area contributed by atoms with Crippen molar-refractivity contribution in [3.05, 3.63) is 48.0 Å². The Morgan fingerprint density at radius 3 is 2.61 bits per heavy atom. The maximum atomic E-state index is 11.9. The molecule has 33 heavy (non-hydrogen) atoms. The largest absolute Gasteiger partial charge is 0.528 e. The molecule has 1 atom stereocenters. The number of primary amides is 1. The molecule has 9 nitrogen and oxygen atoms in total. The highest BCUT2D eigenvalue weighted by molar-refractivity contribution is 5.96. The molecule has 1 aliphatic rings. The van der Waals surface area contributed by atoms with Crippen molar-refractivity contribution in [3.63, 3.8) is 0 Å². The zero-order valence-electron chi connectivity index (χ0n) is 19.0. The van der Waals surface area contributed by atoms with E-state index >= 15 is 0 Å². The fourth-order valence-corrected chi connectivity index (χ4v) is 3.64. The van der Waals surface area contributed by atoms with E-state index in [0.717, 1.165) is 29.7 Å². The topological polar surface area (TPSA) is 120 Å². The molecule has 2 heterocycles. The van der Waals surface area contributed by atoms with E-state index in [4.69, 9.17) is 20.0 Å². The van der Waals surface area contributed by atoms with Gasteiger partial charge in [-0.1, -0.05) is 0 Å². The Hall–Kier alpha value is -3.59. The fraction of sp³-hybridized carbons (Fsp3) is 0.375. The van der Waals surface area contributed by atoms with Gasteiger partial charge >= 0.3 is 6.16 Å². The quantitative estimate of drug-likeness (QED) is 0.561. The van der Waals surface area contributed by atoms with E-state index in [-0.39, 0.29) is 6.10 Å². The van der Waals surface area contributed by atoms with Crippen molar-refractivity contribution in [1.82, 2.24) is 15.0 Å². The SMILES string of the molecule is CC(C)(C)OC(=O)ON1CCCC(Oc2ccc(-c3nc4cc(C(N)=O)ccc4[nH]3)cc2)C1. The van der Waals surface area contributed by atoms with Crippen LogP contribution in [-0.4, -0.2) is 51.9 Å². The van der Waals surface area contributed by atoms with Crippen molar-refractivity contribution in [2.45, 2.75) is 45.3 Å². The van der Waals surface area contributed by atoms with Crippen molar-refractivity contribution < 1.29 is 23.9 Å². The van der Waals surface area contributed by atoms with Gasteiger partial charge in [0.1, 0.15) is 23.3 Å². The number of hydrogen-bond acceptors (Lipinski definition) is 7. The molecular formula is C24H28N4O5. The van der Waals surface area contributed by atoms with Gasteiger partial charge in [-0.25, -0.2) is 9.78 Å². The Bertz CT molecular complexity index is 1150. The van der Waals surface area contributed by atoms with Crippen LogP contribution < -0.4 is 10.5 Å². The van der Waals surface area contributed by atoms with Crippen LogP contribution in [0.3, 0.4) is 0 Å². The molecule has 1 unspecified atom stereocenters. The Morgan fingerprint density at radius 2 is 1.91 bits per heavy atom. The molecule has 0 bridgehead atoms. The van der Waals surface area contributed by atoms with Crippen LogP contribution in [0.1, 0.15) is 44.0 Å². The molecule has 4 rings (SSSR count). The van der Waals surface area contributed by atoms with Gasteiger partial charge in [-0.3, -0.25) is 4.79 Å². The average Bonchev–Trinajstić information content (AvgIpc) is 3.16. The predicted molar refractivity (Wildman–Crippen MR) is 123 cm³/mol. The number of amides is 1. The summed E-state index contributed by atoms with van der Waals surface area (Å²) in [5, 5.41) is 1.59. The average molecular weight is 453 g/mol. The number of aromatic nitrogens is 2. The molecule has 1 fully saturated rings. The number of nitrogens with zero attached hydrogens (tertiary/aromatic N) is 2. The van der Waals surface area contributed by atoms with Crippen LogP contribution in [0.4, 0.5) is 4.79 Å². The van der Waals surface area contributed by atoms with Gasteiger partial charge in [0, 0.05) is 17.7 Å². The number of imidazole rings is 1. The maximum Gasteiger partial charge on any atom is 0.528 e. The molecule has 1 amide bonds. The van der Waals surface area contributed by atoms with Gasteiger partial charge in [-0.2, -0.15) is 0 Å². The van der Waals surface area contributed by atoms with E-state index in [1.807, 2.05) is 24.3 Å². The first-order chi connectivity index (χ1) is 15.7. The number of rotatable bonds is 5. The van der Waals surface area contributed by atoms with E-state index in [9.17, 15) is 9.59 Å². The highest BCUT2D eigenvalue weighted by Crippen LogP contribution is 2.25. The smallest absolute Gasteiger partial charge is 0.489 e. The monoisotopic (exact) mass is 452 g/mol. The Morgan fingerprint density at radius 1 is 1.15 bits per heavy atom. The van der Waals surface area contributed by atoms with Crippen LogP contribution in [-0.2, 0) is 9.57 Å². The summed E-state index contributed by atoms with van der Waals surface area (Å²) in [7, 11) is 0. The summed E-state index contributed by atoms with van der Waals surface area (Å²) in [5.74, 6) is 0.920.